The summed E-state index contributed by atoms with van der Waals surface area (Å²) >= 11 is 2.17. The van der Waals surface area contributed by atoms with Gasteiger partial charge in [-0.25, -0.2) is 4.79 Å². The lowest BCUT2D eigenvalue weighted by Crippen LogP contribution is -2.41. The number of carboxylic acid groups (broad SMARTS) is 1. The zero-order valence-electron chi connectivity index (χ0n) is 10.4. The van der Waals surface area contributed by atoms with Crippen molar-refractivity contribution >= 4 is 34.5 Å². The molecule has 1 aromatic rings. The molecule has 1 unspecified atom stereocenters. The van der Waals surface area contributed by atoms with Crippen LogP contribution in [0, 0.1) is 9.49 Å². The highest BCUT2D eigenvalue weighted by molar-refractivity contribution is 14.1. The van der Waals surface area contributed by atoms with Crippen LogP contribution in [0.3, 0.4) is 0 Å². The number of amides is 1. The molecule has 1 aromatic carbocycles. The number of carbonyl (C=O) groups excluding carboxylic acids is 1. The summed E-state index contributed by atoms with van der Waals surface area (Å²) in [7, 11) is 0. The Kier molecular flexibility index (Phi) is 4.79. The second-order valence-electron chi connectivity index (χ2n) is 4.91. The van der Waals surface area contributed by atoms with E-state index in [0.29, 0.717) is 12.3 Å². The third kappa shape index (κ3) is 4.49. The molecular formula is C14H16INO3. The van der Waals surface area contributed by atoms with Crippen LogP contribution < -0.4 is 5.32 Å². The van der Waals surface area contributed by atoms with Crippen LogP contribution >= 0.6 is 22.6 Å². The van der Waals surface area contributed by atoms with Crippen LogP contribution in [-0.4, -0.2) is 23.0 Å². The van der Waals surface area contributed by atoms with E-state index in [1.165, 1.54) is 0 Å². The van der Waals surface area contributed by atoms with Gasteiger partial charge in [-0.15, -0.1) is 0 Å². The van der Waals surface area contributed by atoms with Crippen LogP contribution in [0.25, 0.3) is 0 Å². The van der Waals surface area contributed by atoms with Crippen LogP contribution in [0.2, 0.25) is 0 Å². The highest BCUT2D eigenvalue weighted by atomic mass is 127. The van der Waals surface area contributed by atoms with Crippen LogP contribution in [-0.2, 0) is 16.0 Å². The first-order valence-electron chi connectivity index (χ1n) is 6.32. The lowest BCUT2D eigenvalue weighted by Gasteiger charge is -2.14. The summed E-state index contributed by atoms with van der Waals surface area (Å²) in [5.41, 5.74) is 0.927. The van der Waals surface area contributed by atoms with Crippen LogP contribution in [0.4, 0.5) is 0 Å². The van der Waals surface area contributed by atoms with Gasteiger partial charge in [0.2, 0.25) is 5.91 Å². The molecule has 5 heteroatoms. The van der Waals surface area contributed by atoms with Gasteiger partial charge >= 0.3 is 5.97 Å². The molecule has 1 amide bonds. The van der Waals surface area contributed by atoms with E-state index in [1.54, 1.807) is 0 Å². The van der Waals surface area contributed by atoms with Gasteiger partial charge in [0.05, 0.1) is 6.42 Å². The molecule has 19 heavy (non-hydrogen) atoms. The van der Waals surface area contributed by atoms with Gasteiger partial charge in [0, 0.05) is 3.57 Å². The van der Waals surface area contributed by atoms with E-state index < -0.39 is 12.0 Å². The predicted octanol–water partition coefficient (Wildman–Crippen LogP) is 2.20. The van der Waals surface area contributed by atoms with Gasteiger partial charge in [-0.05, 0) is 46.6 Å². The van der Waals surface area contributed by atoms with E-state index in [4.69, 9.17) is 5.11 Å². The van der Waals surface area contributed by atoms with Gasteiger partial charge < -0.3 is 10.4 Å². The van der Waals surface area contributed by atoms with Crippen molar-refractivity contribution in [3.8, 4) is 0 Å². The number of carbonyl (C=O) groups is 2. The number of rotatable bonds is 6. The Hall–Kier alpha value is -1.11. The summed E-state index contributed by atoms with van der Waals surface area (Å²) < 4.78 is 1.02. The maximum atomic E-state index is 11.9. The molecule has 1 atom stereocenters. The van der Waals surface area contributed by atoms with Gasteiger partial charge in [0.25, 0.3) is 0 Å². The van der Waals surface area contributed by atoms with Crippen molar-refractivity contribution in [2.24, 2.45) is 5.92 Å². The van der Waals surface area contributed by atoms with Gasteiger partial charge in [0.15, 0.2) is 0 Å². The SMILES string of the molecule is O=C(Cc1ccccc1I)NC(CC1CC1)C(=O)O. The molecule has 4 nitrogen and oxygen atoms in total. The molecule has 0 aliphatic heterocycles. The van der Waals surface area contributed by atoms with Crippen LogP contribution in [0.15, 0.2) is 24.3 Å². The molecular weight excluding hydrogens is 357 g/mol. The zero-order chi connectivity index (χ0) is 13.8. The maximum absolute atomic E-state index is 11.9. The fourth-order valence-corrected chi connectivity index (χ4v) is 2.55. The molecule has 1 fully saturated rings. The number of nitrogens with one attached hydrogen (secondary N) is 1. The van der Waals surface area contributed by atoms with Gasteiger partial charge in [0.1, 0.15) is 6.04 Å². The minimum Gasteiger partial charge on any atom is -0.480 e. The number of aliphatic carboxylic acids is 1. The lowest BCUT2D eigenvalue weighted by atomic mass is 10.1. The number of halogens is 1. The number of carboxylic acids is 1. The fourth-order valence-electron chi connectivity index (χ4n) is 1.97. The molecule has 102 valence electrons. The van der Waals surface area contributed by atoms with Crippen LogP contribution in [0.5, 0.6) is 0 Å². The number of benzene rings is 1. The average molecular weight is 373 g/mol. The largest absolute Gasteiger partial charge is 0.480 e. The molecule has 2 N–H and O–H groups in total. The quantitative estimate of drug-likeness (QED) is 0.752. The molecule has 1 aliphatic rings. The fraction of sp³-hybridized carbons (Fsp3) is 0.429. The van der Waals surface area contributed by atoms with E-state index in [0.717, 1.165) is 22.0 Å². The third-order valence-corrected chi connectivity index (χ3v) is 4.26. The van der Waals surface area contributed by atoms with Gasteiger partial charge in [-0.1, -0.05) is 31.0 Å². The second-order valence-corrected chi connectivity index (χ2v) is 6.07. The first-order valence-corrected chi connectivity index (χ1v) is 7.39. The topological polar surface area (TPSA) is 66.4 Å². The summed E-state index contributed by atoms with van der Waals surface area (Å²) in [4.78, 5) is 23.0. The van der Waals surface area contributed by atoms with Crippen molar-refractivity contribution in [3.05, 3.63) is 33.4 Å². The summed E-state index contributed by atoms with van der Waals surface area (Å²) in [5.74, 6) is -0.696. The summed E-state index contributed by atoms with van der Waals surface area (Å²) in [6, 6.07) is 6.86. The van der Waals surface area contributed by atoms with Crippen molar-refractivity contribution in [2.75, 3.05) is 0 Å². The smallest absolute Gasteiger partial charge is 0.326 e. The van der Waals surface area contributed by atoms with Gasteiger partial charge in [-0.2, -0.15) is 0 Å². The molecule has 0 aromatic heterocycles. The molecule has 0 heterocycles. The Balaban J connectivity index is 1.91. The average Bonchev–Trinajstić information content (AvgIpc) is 3.15. The highest BCUT2D eigenvalue weighted by Gasteiger charge is 2.30. The minimum atomic E-state index is -0.942. The van der Waals surface area contributed by atoms with Crippen molar-refractivity contribution in [1.82, 2.24) is 5.32 Å². The Labute approximate surface area is 125 Å². The molecule has 1 aliphatic carbocycles. The van der Waals surface area contributed by atoms with E-state index in [-0.39, 0.29) is 12.3 Å². The Bertz CT molecular complexity index is 485. The standard InChI is InChI=1S/C14H16INO3/c15-11-4-2-1-3-10(11)8-13(17)16-12(14(18)19)7-9-5-6-9/h1-4,9,12H,5-8H2,(H,16,17)(H,18,19). The number of hydrogen-bond donors (Lipinski definition) is 2. The number of hydrogen-bond acceptors (Lipinski definition) is 2. The molecule has 1 saturated carbocycles. The monoisotopic (exact) mass is 373 g/mol. The van der Waals surface area contributed by atoms with E-state index >= 15 is 0 Å². The first-order chi connectivity index (χ1) is 9.06. The minimum absolute atomic E-state index is 0.225. The van der Waals surface area contributed by atoms with E-state index in [2.05, 4.69) is 27.9 Å². The summed E-state index contributed by atoms with van der Waals surface area (Å²) in [6.45, 7) is 0. The molecule has 2 rings (SSSR count). The second kappa shape index (κ2) is 6.36. The van der Waals surface area contributed by atoms with E-state index in [9.17, 15) is 9.59 Å². The normalized spacial score (nSPS) is 15.8. The van der Waals surface area contributed by atoms with Crippen molar-refractivity contribution in [1.29, 1.82) is 0 Å². The Morgan fingerprint density at radius 3 is 2.63 bits per heavy atom. The van der Waals surface area contributed by atoms with Crippen molar-refractivity contribution in [3.63, 3.8) is 0 Å². The first kappa shape index (κ1) is 14.3. The summed E-state index contributed by atoms with van der Waals surface area (Å²) in [5, 5.41) is 11.7. The van der Waals surface area contributed by atoms with Crippen LogP contribution in [0.1, 0.15) is 24.8 Å². The lowest BCUT2D eigenvalue weighted by molar-refractivity contribution is -0.142. The third-order valence-electron chi connectivity index (χ3n) is 3.21. The Morgan fingerprint density at radius 2 is 2.05 bits per heavy atom. The van der Waals surface area contributed by atoms with Crippen molar-refractivity contribution in [2.45, 2.75) is 31.7 Å². The highest BCUT2D eigenvalue weighted by Crippen LogP contribution is 2.33. The molecule has 0 radical (unpaired) electrons. The zero-order valence-corrected chi connectivity index (χ0v) is 12.6. The predicted molar refractivity (Wildman–Crippen MR) is 79.8 cm³/mol. The maximum Gasteiger partial charge on any atom is 0.326 e. The molecule has 0 saturated heterocycles. The van der Waals surface area contributed by atoms with Crippen molar-refractivity contribution < 1.29 is 14.7 Å². The molecule has 0 bridgehead atoms. The molecule has 0 spiro atoms. The summed E-state index contributed by atoms with van der Waals surface area (Å²) in [6.07, 6.45) is 2.94. The van der Waals surface area contributed by atoms with E-state index in [1.807, 2.05) is 24.3 Å². The van der Waals surface area contributed by atoms with Gasteiger partial charge in [-0.3, -0.25) is 4.79 Å². The Morgan fingerprint density at radius 1 is 1.37 bits per heavy atom.